The third kappa shape index (κ3) is 4.37. The van der Waals surface area contributed by atoms with Crippen LogP contribution in [0.4, 0.5) is 20.2 Å². The Hall–Kier alpha value is -3.39. The summed E-state index contributed by atoms with van der Waals surface area (Å²) < 4.78 is 27.6. The summed E-state index contributed by atoms with van der Waals surface area (Å²) in [4.78, 5) is 4.14. The Kier molecular flexibility index (Phi) is 5.14. The van der Waals surface area contributed by atoms with Gasteiger partial charge in [-0.05, 0) is 67.9 Å². The molecule has 0 radical (unpaired) electrons. The normalized spacial score (nSPS) is 10.6. The Morgan fingerprint density at radius 3 is 2.04 bits per heavy atom. The maximum atomic E-state index is 13.8. The number of hydrogen-bond donors (Lipinski definition) is 0. The molecule has 0 fully saturated rings. The molecule has 0 saturated heterocycles. The van der Waals surface area contributed by atoms with Gasteiger partial charge in [-0.1, -0.05) is 11.8 Å². The van der Waals surface area contributed by atoms with Gasteiger partial charge in [0.05, 0.1) is 17.4 Å². The minimum absolute atomic E-state index is 0.230. The maximum absolute atomic E-state index is 13.8. The highest BCUT2D eigenvalue weighted by Crippen LogP contribution is 2.18. The minimum atomic E-state index is -0.660. The van der Waals surface area contributed by atoms with Crippen LogP contribution in [-0.2, 0) is 0 Å². The second-order valence-electron chi connectivity index (χ2n) is 5.76. The van der Waals surface area contributed by atoms with E-state index in [9.17, 15) is 8.78 Å². The van der Waals surface area contributed by atoms with E-state index in [0.29, 0.717) is 22.5 Å². The molecule has 0 aliphatic rings. The van der Waals surface area contributed by atoms with Crippen LogP contribution < -0.4 is 0 Å². The van der Waals surface area contributed by atoms with Gasteiger partial charge in [0.2, 0.25) is 0 Å². The molecule has 3 aromatic rings. The van der Waals surface area contributed by atoms with Crippen LogP contribution >= 0.6 is 0 Å². The Morgan fingerprint density at radius 2 is 1.42 bits per heavy atom. The Morgan fingerprint density at radius 1 is 0.808 bits per heavy atom. The summed E-state index contributed by atoms with van der Waals surface area (Å²) in [5.74, 6) is 3.98. The maximum Gasteiger partial charge on any atom is 0.142 e. The number of nitrogens with zero attached hydrogens (tertiary/aromatic N) is 3. The first-order valence-corrected chi connectivity index (χ1v) is 7.93. The van der Waals surface area contributed by atoms with Gasteiger partial charge >= 0.3 is 0 Å². The van der Waals surface area contributed by atoms with Crippen LogP contribution in [0, 0.1) is 37.3 Å². The molecule has 0 bridgehead atoms. The van der Waals surface area contributed by atoms with E-state index in [2.05, 4.69) is 27.1 Å². The lowest BCUT2D eigenvalue weighted by molar-refractivity contribution is 0.575. The fraction of sp³-hybridized carbons (Fsp3) is 0.0952. The van der Waals surface area contributed by atoms with E-state index < -0.39 is 11.6 Å². The Balaban J connectivity index is 1.76. The molecular formula is C21H15F2N3. The van der Waals surface area contributed by atoms with Gasteiger partial charge < -0.3 is 0 Å². The van der Waals surface area contributed by atoms with Crippen molar-refractivity contribution in [3.05, 3.63) is 88.7 Å². The van der Waals surface area contributed by atoms with Crippen LogP contribution in [0.15, 0.2) is 65.0 Å². The molecule has 1 aromatic heterocycles. The van der Waals surface area contributed by atoms with E-state index in [4.69, 9.17) is 0 Å². The van der Waals surface area contributed by atoms with Crippen LogP contribution in [0.5, 0.6) is 0 Å². The number of rotatable bonds is 2. The molecule has 2 aromatic carbocycles. The third-order valence-electron chi connectivity index (χ3n) is 3.56. The van der Waals surface area contributed by atoms with Crippen LogP contribution in [0.25, 0.3) is 0 Å². The predicted octanol–water partition coefficient (Wildman–Crippen LogP) is 5.79. The molecule has 3 nitrogen and oxygen atoms in total. The van der Waals surface area contributed by atoms with Crippen LogP contribution in [0.1, 0.15) is 22.4 Å². The largest absolute Gasteiger partial charge is 0.259 e. The van der Waals surface area contributed by atoms with Gasteiger partial charge in [-0.3, -0.25) is 4.98 Å². The molecular weight excluding hydrogens is 332 g/mol. The van der Waals surface area contributed by atoms with Crippen LogP contribution in [-0.4, -0.2) is 4.98 Å². The molecule has 128 valence electrons. The second-order valence-corrected chi connectivity index (χ2v) is 5.76. The number of aromatic nitrogens is 1. The summed E-state index contributed by atoms with van der Waals surface area (Å²) in [5.41, 5.74) is 3.12. The third-order valence-corrected chi connectivity index (χ3v) is 3.56. The molecule has 0 atom stereocenters. The van der Waals surface area contributed by atoms with Crippen molar-refractivity contribution in [2.24, 2.45) is 10.2 Å². The van der Waals surface area contributed by atoms with E-state index in [1.165, 1.54) is 12.1 Å². The number of pyridine rings is 1. The molecule has 26 heavy (non-hydrogen) atoms. The van der Waals surface area contributed by atoms with E-state index in [0.717, 1.165) is 5.69 Å². The SMILES string of the molecule is Cc1cc(F)c(C#Cc2ccc(N=Nc3ccc(C)nc3)cc2)c(F)c1. The average molecular weight is 347 g/mol. The molecule has 0 amide bonds. The molecule has 0 aliphatic heterocycles. The summed E-state index contributed by atoms with van der Waals surface area (Å²) in [6, 6.07) is 13.1. The van der Waals surface area contributed by atoms with Crippen molar-refractivity contribution in [2.45, 2.75) is 13.8 Å². The highest BCUT2D eigenvalue weighted by Gasteiger charge is 2.07. The van der Waals surface area contributed by atoms with Crippen LogP contribution in [0.2, 0.25) is 0 Å². The summed E-state index contributed by atoms with van der Waals surface area (Å²) in [7, 11) is 0. The van der Waals surface area contributed by atoms with Gasteiger partial charge in [0, 0.05) is 11.3 Å². The summed E-state index contributed by atoms with van der Waals surface area (Å²) in [5, 5.41) is 8.22. The second kappa shape index (κ2) is 7.66. The van der Waals surface area contributed by atoms with E-state index >= 15 is 0 Å². The van der Waals surface area contributed by atoms with Crippen molar-refractivity contribution < 1.29 is 8.78 Å². The number of hydrogen-bond acceptors (Lipinski definition) is 3. The molecule has 0 aliphatic carbocycles. The summed E-state index contributed by atoms with van der Waals surface area (Å²) >= 11 is 0. The standard InChI is InChI=1S/C21H15F2N3/c1-14-11-20(22)19(21(23)12-14)10-6-16-4-8-17(9-5-16)25-26-18-7-3-15(2)24-13-18/h3-5,7-9,11-13H,1-2H3. The summed E-state index contributed by atoms with van der Waals surface area (Å²) in [6.07, 6.45) is 1.64. The van der Waals surface area contributed by atoms with E-state index in [-0.39, 0.29) is 5.56 Å². The van der Waals surface area contributed by atoms with Crippen molar-refractivity contribution in [2.75, 3.05) is 0 Å². The van der Waals surface area contributed by atoms with Crippen LogP contribution in [0.3, 0.4) is 0 Å². The lowest BCUT2D eigenvalue weighted by atomic mass is 10.1. The van der Waals surface area contributed by atoms with Crippen molar-refractivity contribution >= 4 is 11.4 Å². The number of halogens is 2. The minimum Gasteiger partial charge on any atom is -0.259 e. The monoisotopic (exact) mass is 347 g/mol. The average Bonchev–Trinajstić information content (AvgIpc) is 2.61. The van der Waals surface area contributed by atoms with Crippen molar-refractivity contribution in [1.82, 2.24) is 4.98 Å². The first-order chi connectivity index (χ1) is 12.5. The highest BCUT2D eigenvalue weighted by molar-refractivity contribution is 5.48. The van der Waals surface area contributed by atoms with Gasteiger partial charge in [0.1, 0.15) is 17.3 Å². The molecule has 0 N–H and O–H groups in total. The zero-order valence-electron chi connectivity index (χ0n) is 14.3. The number of aryl methyl sites for hydroxylation is 2. The fourth-order valence-electron chi connectivity index (χ4n) is 2.20. The molecule has 1 heterocycles. The molecule has 5 heteroatoms. The molecule has 0 saturated carbocycles. The molecule has 0 unspecified atom stereocenters. The quantitative estimate of drug-likeness (QED) is 0.427. The zero-order valence-corrected chi connectivity index (χ0v) is 14.3. The smallest absolute Gasteiger partial charge is 0.142 e. The first-order valence-electron chi connectivity index (χ1n) is 7.93. The van der Waals surface area contributed by atoms with Gasteiger partial charge in [-0.2, -0.15) is 5.11 Å². The van der Waals surface area contributed by atoms with E-state index in [1.54, 1.807) is 37.4 Å². The fourth-order valence-corrected chi connectivity index (χ4v) is 2.20. The zero-order chi connectivity index (χ0) is 18.5. The lowest BCUT2D eigenvalue weighted by Gasteiger charge is -1.99. The van der Waals surface area contributed by atoms with Gasteiger partial charge in [0.25, 0.3) is 0 Å². The van der Waals surface area contributed by atoms with Crippen molar-refractivity contribution in [1.29, 1.82) is 0 Å². The summed E-state index contributed by atoms with van der Waals surface area (Å²) in [6.45, 7) is 3.53. The van der Waals surface area contributed by atoms with Gasteiger partial charge in [0.15, 0.2) is 0 Å². The predicted molar refractivity (Wildman–Crippen MR) is 96.7 cm³/mol. The Labute approximate surface area is 150 Å². The molecule has 0 spiro atoms. The highest BCUT2D eigenvalue weighted by atomic mass is 19.1. The number of azo groups is 1. The topological polar surface area (TPSA) is 37.6 Å². The van der Waals surface area contributed by atoms with E-state index in [1.807, 2.05) is 19.1 Å². The Bertz CT molecular complexity index is 989. The first kappa shape index (κ1) is 17.4. The van der Waals surface area contributed by atoms with Crippen molar-refractivity contribution in [3.63, 3.8) is 0 Å². The van der Waals surface area contributed by atoms with Crippen molar-refractivity contribution in [3.8, 4) is 11.8 Å². The van der Waals surface area contributed by atoms with Gasteiger partial charge in [-0.25, -0.2) is 8.78 Å². The lowest BCUT2D eigenvalue weighted by Crippen LogP contribution is -1.91. The molecule has 3 rings (SSSR count). The van der Waals surface area contributed by atoms with Gasteiger partial charge in [-0.15, -0.1) is 5.11 Å². The number of benzene rings is 2.